The van der Waals surface area contributed by atoms with Gasteiger partial charge in [0, 0.05) is 30.1 Å². The molecule has 4 aromatic rings. The highest BCUT2D eigenvalue weighted by molar-refractivity contribution is 6.28. The van der Waals surface area contributed by atoms with Crippen LogP contribution in [0.5, 0.6) is 11.5 Å². The zero-order chi connectivity index (χ0) is 28.8. The van der Waals surface area contributed by atoms with Crippen LogP contribution < -0.4 is 10.2 Å². The Bertz CT molecular complexity index is 1510. The number of amides is 2. The Labute approximate surface area is 237 Å². The summed E-state index contributed by atoms with van der Waals surface area (Å²) in [5.74, 6) is -0.965. The smallest absolute Gasteiger partial charge is 0.262 e. The van der Waals surface area contributed by atoms with Crippen LogP contribution in [0.2, 0.25) is 5.28 Å². The van der Waals surface area contributed by atoms with Crippen molar-refractivity contribution in [2.24, 2.45) is 0 Å². The topological polar surface area (TPSA) is 119 Å². The van der Waals surface area contributed by atoms with Crippen molar-refractivity contribution in [3.63, 3.8) is 0 Å². The lowest BCUT2D eigenvalue weighted by atomic mass is 10.1. The molecule has 1 heterocycles. The number of likely N-dealkylation sites (N-methyl/N-ethyl adjacent to an activating group) is 1. The van der Waals surface area contributed by atoms with Crippen molar-refractivity contribution < 1.29 is 19.8 Å². The number of hydrogen-bond donors (Lipinski definition) is 3. The molecule has 0 aliphatic rings. The molecule has 3 aromatic carbocycles. The highest BCUT2D eigenvalue weighted by Gasteiger charge is 2.22. The number of halogens is 1. The maximum Gasteiger partial charge on any atom is 0.262 e. The van der Waals surface area contributed by atoms with Gasteiger partial charge < -0.3 is 25.3 Å². The normalized spacial score (nSPS) is 10.9. The van der Waals surface area contributed by atoms with Gasteiger partial charge in [-0.15, -0.1) is 0 Å². The van der Waals surface area contributed by atoms with E-state index >= 15 is 0 Å². The van der Waals surface area contributed by atoms with Gasteiger partial charge in [-0.2, -0.15) is 0 Å². The molecule has 0 saturated carbocycles. The number of nitrogens with one attached hydrogen (secondary N) is 1. The molecule has 0 atom stereocenters. The summed E-state index contributed by atoms with van der Waals surface area (Å²) in [6, 6.07) is 18.8. The van der Waals surface area contributed by atoms with E-state index in [-0.39, 0.29) is 34.8 Å². The van der Waals surface area contributed by atoms with Gasteiger partial charge in [-0.3, -0.25) is 9.59 Å². The van der Waals surface area contributed by atoms with Crippen molar-refractivity contribution in [2.45, 2.75) is 20.0 Å². The van der Waals surface area contributed by atoms with Gasteiger partial charge in [0.2, 0.25) is 11.2 Å². The Morgan fingerprint density at radius 3 is 2.27 bits per heavy atom. The number of phenols is 2. The van der Waals surface area contributed by atoms with E-state index in [1.165, 1.54) is 12.1 Å². The van der Waals surface area contributed by atoms with Gasteiger partial charge in [0.25, 0.3) is 5.91 Å². The molecule has 0 aliphatic heterocycles. The Hall–Kier alpha value is -4.47. The molecular weight excluding hydrogens is 530 g/mol. The third-order valence-electron chi connectivity index (χ3n) is 6.16. The monoisotopic (exact) mass is 559 g/mol. The van der Waals surface area contributed by atoms with Gasteiger partial charge in [-0.1, -0.05) is 36.4 Å². The quantitative estimate of drug-likeness (QED) is 0.258. The maximum atomic E-state index is 13.7. The Morgan fingerprint density at radius 1 is 0.950 bits per heavy atom. The standard InChI is InChI=1S/C30H30ClN5O4/c1-19-15-33-30(31)34-28(19)22-8-10-23(11-9-22)36(29(40)25-13-12-24(37)14-26(25)38)17-21-6-4-20(5-7-21)16-32-27(39)18-35(2)3/h4-15,37-38H,16-18H2,1-3H3,(H,32,39). The molecule has 10 heteroatoms. The van der Waals surface area contributed by atoms with Gasteiger partial charge in [0.05, 0.1) is 24.3 Å². The van der Waals surface area contributed by atoms with Crippen LogP contribution in [0.3, 0.4) is 0 Å². The Kier molecular flexibility index (Phi) is 8.98. The summed E-state index contributed by atoms with van der Waals surface area (Å²) in [5.41, 5.74) is 4.78. The first kappa shape index (κ1) is 28.5. The number of anilines is 1. The van der Waals surface area contributed by atoms with Crippen LogP contribution in [0.25, 0.3) is 11.3 Å². The minimum atomic E-state index is -0.438. The summed E-state index contributed by atoms with van der Waals surface area (Å²) in [7, 11) is 3.67. The van der Waals surface area contributed by atoms with Gasteiger partial charge in [-0.25, -0.2) is 9.97 Å². The molecule has 2 amide bonds. The number of aryl methyl sites for hydroxylation is 1. The van der Waals surface area contributed by atoms with Crippen LogP contribution in [-0.2, 0) is 17.9 Å². The molecule has 0 fully saturated rings. The maximum absolute atomic E-state index is 13.7. The summed E-state index contributed by atoms with van der Waals surface area (Å²) in [6.07, 6.45) is 1.65. The number of hydrogen-bond acceptors (Lipinski definition) is 7. The van der Waals surface area contributed by atoms with Crippen molar-refractivity contribution in [2.75, 3.05) is 25.5 Å². The fraction of sp³-hybridized carbons (Fsp3) is 0.200. The second kappa shape index (κ2) is 12.6. The van der Waals surface area contributed by atoms with E-state index in [1.807, 2.05) is 57.4 Å². The minimum absolute atomic E-state index is 0.0560. The van der Waals surface area contributed by atoms with E-state index in [1.54, 1.807) is 28.1 Å². The molecule has 1 aromatic heterocycles. The Morgan fingerprint density at radius 2 is 1.62 bits per heavy atom. The molecule has 0 unspecified atom stereocenters. The van der Waals surface area contributed by atoms with Crippen molar-refractivity contribution in [1.29, 1.82) is 0 Å². The Balaban J connectivity index is 1.60. The molecule has 206 valence electrons. The molecule has 0 aliphatic carbocycles. The first-order chi connectivity index (χ1) is 19.1. The number of benzene rings is 3. The molecule has 0 radical (unpaired) electrons. The van der Waals surface area contributed by atoms with Crippen molar-refractivity contribution in [3.8, 4) is 22.8 Å². The molecule has 9 nitrogen and oxygen atoms in total. The predicted molar refractivity (Wildman–Crippen MR) is 154 cm³/mol. The summed E-state index contributed by atoms with van der Waals surface area (Å²) < 4.78 is 0. The molecule has 40 heavy (non-hydrogen) atoms. The van der Waals surface area contributed by atoms with Crippen LogP contribution in [0.4, 0.5) is 5.69 Å². The van der Waals surface area contributed by atoms with E-state index < -0.39 is 5.91 Å². The summed E-state index contributed by atoms with van der Waals surface area (Å²) in [6.45, 7) is 2.80. The van der Waals surface area contributed by atoms with E-state index in [4.69, 9.17) is 11.6 Å². The molecule has 0 saturated heterocycles. The fourth-order valence-electron chi connectivity index (χ4n) is 4.13. The molecule has 0 bridgehead atoms. The number of phenolic OH excluding ortho intramolecular Hbond substituents is 2. The zero-order valence-corrected chi connectivity index (χ0v) is 23.2. The van der Waals surface area contributed by atoms with Crippen molar-refractivity contribution >= 4 is 29.1 Å². The van der Waals surface area contributed by atoms with Gasteiger partial charge in [-0.05, 0) is 73.6 Å². The lowest BCUT2D eigenvalue weighted by molar-refractivity contribution is -0.121. The first-order valence-electron chi connectivity index (χ1n) is 12.5. The molecule has 0 spiro atoms. The van der Waals surface area contributed by atoms with Crippen molar-refractivity contribution in [3.05, 3.63) is 100 Å². The van der Waals surface area contributed by atoms with Crippen molar-refractivity contribution in [1.82, 2.24) is 20.2 Å². The average Bonchev–Trinajstić information content (AvgIpc) is 2.92. The SMILES string of the molecule is Cc1cnc(Cl)nc1-c1ccc(N(Cc2ccc(CNC(=O)CN(C)C)cc2)C(=O)c2ccc(O)cc2O)cc1. The van der Waals surface area contributed by atoms with Crippen LogP contribution in [-0.4, -0.2) is 57.5 Å². The fourth-order valence-corrected chi connectivity index (χ4v) is 4.26. The second-order valence-corrected chi connectivity index (χ2v) is 9.98. The lowest BCUT2D eigenvalue weighted by Crippen LogP contribution is -2.32. The second-order valence-electron chi connectivity index (χ2n) is 9.64. The van der Waals surface area contributed by atoms with E-state index in [2.05, 4.69) is 15.3 Å². The van der Waals surface area contributed by atoms with Gasteiger partial charge >= 0.3 is 0 Å². The van der Waals surface area contributed by atoms with Crippen LogP contribution in [0, 0.1) is 6.92 Å². The van der Waals surface area contributed by atoms with Crippen LogP contribution in [0.1, 0.15) is 27.0 Å². The molecule has 3 N–H and O–H groups in total. The van der Waals surface area contributed by atoms with Gasteiger partial charge in [0.1, 0.15) is 11.5 Å². The summed E-state index contributed by atoms with van der Waals surface area (Å²) >= 11 is 6.00. The summed E-state index contributed by atoms with van der Waals surface area (Å²) in [5, 5.41) is 23.1. The van der Waals surface area contributed by atoms with Gasteiger partial charge in [0.15, 0.2) is 0 Å². The van der Waals surface area contributed by atoms with Crippen LogP contribution >= 0.6 is 11.6 Å². The lowest BCUT2D eigenvalue weighted by Gasteiger charge is -2.24. The van der Waals surface area contributed by atoms with E-state index in [0.717, 1.165) is 28.3 Å². The van der Waals surface area contributed by atoms with Crippen LogP contribution in [0.15, 0.2) is 72.9 Å². The first-order valence-corrected chi connectivity index (χ1v) is 12.9. The third kappa shape index (κ3) is 7.13. The summed E-state index contributed by atoms with van der Waals surface area (Å²) in [4.78, 5) is 37.3. The predicted octanol–water partition coefficient (Wildman–Crippen LogP) is 4.54. The largest absolute Gasteiger partial charge is 0.508 e. The molecular formula is C30H30ClN5O4. The number of carbonyl (C=O) groups excluding carboxylic acids is 2. The number of rotatable bonds is 9. The third-order valence-corrected chi connectivity index (χ3v) is 6.35. The number of aromatic hydroxyl groups is 2. The highest BCUT2D eigenvalue weighted by atomic mass is 35.5. The number of nitrogens with zero attached hydrogens (tertiary/aromatic N) is 4. The number of aromatic nitrogens is 2. The van der Waals surface area contributed by atoms with E-state index in [9.17, 15) is 19.8 Å². The average molecular weight is 560 g/mol. The minimum Gasteiger partial charge on any atom is -0.508 e. The number of carbonyl (C=O) groups is 2. The zero-order valence-electron chi connectivity index (χ0n) is 22.4. The van der Waals surface area contributed by atoms with E-state index in [0.29, 0.717) is 24.5 Å². The highest BCUT2D eigenvalue weighted by Crippen LogP contribution is 2.30. The molecule has 4 rings (SSSR count).